The number of rotatable bonds is 8. The van der Waals surface area contributed by atoms with Crippen LogP contribution < -0.4 is 11.1 Å². The Morgan fingerprint density at radius 2 is 1.93 bits per heavy atom. The number of hydrogen-bond donors (Lipinski definition) is 3. The summed E-state index contributed by atoms with van der Waals surface area (Å²) in [6.45, 7) is 0.868. The Kier molecular flexibility index (Phi) is 7.43. The summed E-state index contributed by atoms with van der Waals surface area (Å²) >= 11 is 0. The number of nitrogens with one attached hydrogen (secondary N) is 1. The maximum atomic E-state index is 13.9. The van der Waals surface area contributed by atoms with E-state index in [0.717, 1.165) is 25.7 Å². The standard InChI is InChI=1S/C20H32N4O6/c21-18(26)17-6-3-8-24(17,20(28)22-16-7-9-30-12-16)19(27)15(11-23(29)13-25)10-14-4-1-2-5-14/h13-17,29H,1-12H2,(H2-,21,22,26,28)/p+1/t15-,16+,17+,24?/m1/s1. The molecule has 0 aromatic heterocycles. The van der Waals surface area contributed by atoms with Gasteiger partial charge in [-0.2, -0.15) is 4.48 Å². The summed E-state index contributed by atoms with van der Waals surface area (Å²) in [5.74, 6) is -1.59. The zero-order valence-corrected chi connectivity index (χ0v) is 17.3. The molecule has 3 fully saturated rings. The second-order valence-corrected chi connectivity index (χ2v) is 8.81. The van der Waals surface area contributed by atoms with E-state index >= 15 is 0 Å². The lowest BCUT2D eigenvalue weighted by molar-refractivity contribution is -0.779. The van der Waals surface area contributed by atoms with Gasteiger partial charge in [-0.3, -0.25) is 20.1 Å². The number of imide groups is 1. The van der Waals surface area contributed by atoms with Gasteiger partial charge in [0.25, 0.3) is 5.91 Å². The van der Waals surface area contributed by atoms with Crippen LogP contribution in [0.25, 0.3) is 0 Å². The molecule has 10 nitrogen and oxygen atoms in total. The number of hydroxylamine groups is 2. The molecule has 5 amide bonds. The van der Waals surface area contributed by atoms with Gasteiger partial charge in [0.05, 0.1) is 31.7 Å². The van der Waals surface area contributed by atoms with Crippen LogP contribution in [0.15, 0.2) is 0 Å². The number of hydrogen-bond acceptors (Lipinski definition) is 6. The lowest BCUT2D eigenvalue weighted by Gasteiger charge is -2.37. The monoisotopic (exact) mass is 425 g/mol. The van der Waals surface area contributed by atoms with Crippen molar-refractivity contribution in [1.82, 2.24) is 10.4 Å². The summed E-state index contributed by atoms with van der Waals surface area (Å²) in [5.41, 5.74) is 5.62. The number of quaternary nitrogens is 1. The predicted molar refractivity (Wildman–Crippen MR) is 105 cm³/mol. The van der Waals surface area contributed by atoms with Gasteiger partial charge in [-0.1, -0.05) is 25.7 Å². The normalized spacial score (nSPS) is 30.2. The molecule has 2 heterocycles. The van der Waals surface area contributed by atoms with Crippen LogP contribution in [0.5, 0.6) is 0 Å². The number of ether oxygens (including phenoxy) is 1. The molecular weight excluding hydrogens is 392 g/mol. The lowest BCUT2D eigenvalue weighted by Crippen LogP contribution is -2.69. The number of carbonyl (C=O) groups excluding carboxylic acids is 4. The van der Waals surface area contributed by atoms with Crippen molar-refractivity contribution in [2.45, 2.75) is 63.5 Å². The number of primary amides is 1. The van der Waals surface area contributed by atoms with Crippen LogP contribution in [-0.4, -0.2) is 77.4 Å². The van der Waals surface area contributed by atoms with E-state index in [-0.39, 0.29) is 25.5 Å². The summed E-state index contributed by atoms with van der Waals surface area (Å²) in [4.78, 5) is 50.5. The van der Waals surface area contributed by atoms with Crippen LogP contribution in [0, 0.1) is 11.8 Å². The maximum absolute atomic E-state index is 13.9. The van der Waals surface area contributed by atoms with Gasteiger partial charge in [-0.05, 0) is 18.8 Å². The summed E-state index contributed by atoms with van der Waals surface area (Å²) in [7, 11) is 0. The summed E-state index contributed by atoms with van der Waals surface area (Å²) < 4.78 is 4.63. The Labute approximate surface area is 176 Å². The molecule has 0 radical (unpaired) electrons. The molecule has 4 atom stereocenters. The quantitative estimate of drug-likeness (QED) is 0.224. The smallest absolute Gasteiger partial charge is 0.379 e. The van der Waals surface area contributed by atoms with Crippen LogP contribution in [0.3, 0.4) is 0 Å². The first-order valence-corrected chi connectivity index (χ1v) is 10.9. The Hall–Kier alpha value is -2.04. The third kappa shape index (κ3) is 4.65. The fourth-order valence-electron chi connectivity index (χ4n) is 5.31. The molecule has 3 rings (SSSR count). The summed E-state index contributed by atoms with van der Waals surface area (Å²) in [6.07, 6.45) is 6.33. The number of nitrogens with two attached hydrogens (primary N) is 1. The Morgan fingerprint density at radius 1 is 1.20 bits per heavy atom. The molecule has 0 bridgehead atoms. The highest BCUT2D eigenvalue weighted by Gasteiger charge is 2.59. The van der Waals surface area contributed by atoms with E-state index in [0.29, 0.717) is 49.9 Å². The van der Waals surface area contributed by atoms with E-state index in [4.69, 9.17) is 10.5 Å². The van der Waals surface area contributed by atoms with Crippen molar-refractivity contribution in [3.05, 3.63) is 0 Å². The molecule has 10 heteroatoms. The largest absolute Gasteiger partial charge is 0.425 e. The first-order valence-electron chi connectivity index (χ1n) is 10.9. The van der Waals surface area contributed by atoms with Crippen LogP contribution in [0.4, 0.5) is 4.79 Å². The van der Waals surface area contributed by atoms with E-state index in [1.807, 2.05) is 0 Å². The lowest BCUT2D eigenvalue weighted by atomic mass is 9.90. The van der Waals surface area contributed by atoms with Crippen LogP contribution >= 0.6 is 0 Å². The second-order valence-electron chi connectivity index (χ2n) is 8.81. The Bertz CT molecular complexity index is 662. The highest BCUT2D eigenvalue weighted by molar-refractivity contribution is 5.91. The van der Waals surface area contributed by atoms with E-state index < -0.39 is 34.3 Å². The highest BCUT2D eigenvalue weighted by Crippen LogP contribution is 2.36. The van der Waals surface area contributed by atoms with E-state index in [1.54, 1.807) is 0 Å². The molecule has 0 aromatic carbocycles. The number of nitrogens with zero attached hydrogens (tertiary/aromatic N) is 2. The van der Waals surface area contributed by atoms with Crippen molar-refractivity contribution in [3.63, 3.8) is 0 Å². The van der Waals surface area contributed by atoms with Gasteiger partial charge in [0, 0.05) is 19.4 Å². The van der Waals surface area contributed by atoms with E-state index in [9.17, 15) is 24.4 Å². The number of amides is 5. The summed E-state index contributed by atoms with van der Waals surface area (Å²) in [5, 5.41) is 13.1. The van der Waals surface area contributed by atoms with Crippen LogP contribution in [0.1, 0.15) is 51.4 Å². The minimum atomic E-state index is -0.950. The summed E-state index contributed by atoms with van der Waals surface area (Å²) in [6, 6.07) is -1.70. The van der Waals surface area contributed by atoms with Crippen molar-refractivity contribution in [2.75, 3.05) is 26.3 Å². The Balaban J connectivity index is 1.89. The second kappa shape index (κ2) is 9.84. The molecular formula is C20H33N4O6+. The van der Waals surface area contributed by atoms with Gasteiger partial charge in [-0.25, -0.2) is 14.7 Å². The first-order chi connectivity index (χ1) is 14.4. The fourth-order valence-corrected chi connectivity index (χ4v) is 5.31. The molecule has 1 aliphatic carbocycles. The molecule has 1 saturated carbocycles. The fraction of sp³-hybridized carbons (Fsp3) is 0.800. The Morgan fingerprint density at radius 3 is 2.53 bits per heavy atom. The van der Waals surface area contributed by atoms with Gasteiger partial charge < -0.3 is 10.5 Å². The van der Waals surface area contributed by atoms with Gasteiger partial charge >= 0.3 is 11.9 Å². The van der Waals surface area contributed by atoms with Crippen LogP contribution in [0.2, 0.25) is 0 Å². The van der Waals surface area contributed by atoms with Gasteiger partial charge in [0.2, 0.25) is 6.41 Å². The number of likely N-dealkylation sites (tertiary alicyclic amines) is 1. The van der Waals surface area contributed by atoms with Crippen LogP contribution in [-0.2, 0) is 19.1 Å². The maximum Gasteiger partial charge on any atom is 0.425 e. The van der Waals surface area contributed by atoms with Crippen molar-refractivity contribution >= 4 is 24.3 Å². The minimum absolute atomic E-state index is 0.180. The number of carbonyl (C=O) groups is 4. The van der Waals surface area contributed by atoms with E-state index in [1.165, 1.54) is 0 Å². The zero-order chi connectivity index (χ0) is 21.7. The van der Waals surface area contributed by atoms with Crippen molar-refractivity contribution in [3.8, 4) is 0 Å². The first kappa shape index (κ1) is 22.6. The highest BCUT2D eigenvalue weighted by atomic mass is 16.5. The van der Waals surface area contributed by atoms with Crippen molar-refractivity contribution in [2.24, 2.45) is 17.6 Å². The average molecular weight is 426 g/mol. The molecule has 3 aliphatic rings. The molecule has 0 aromatic rings. The average Bonchev–Trinajstić information content (AvgIpc) is 3.48. The SMILES string of the molecule is NC(=O)[C@@H]1CCC[N+]1(C(=O)N[C@H]1CCOC1)C(=O)[C@H](CC1CCCC1)CN(O)C=O. The third-order valence-electron chi connectivity index (χ3n) is 6.83. The van der Waals surface area contributed by atoms with E-state index in [2.05, 4.69) is 5.32 Å². The molecule has 4 N–H and O–H groups in total. The topological polar surface area (TPSA) is 139 Å². The molecule has 30 heavy (non-hydrogen) atoms. The van der Waals surface area contributed by atoms with Gasteiger partial charge in [-0.15, -0.1) is 0 Å². The predicted octanol–water partition coefficient (Wildman–Crippen LogP) is 0.520. The van der Waals surface area contributed by atoms with Crippen molar-refractivity contribution in [1.29, 1.82) is 0 Å². The molecule has 2 saturated heterocycles. The zero-order valence-electron chi connectivity index (χ0n) is 17.3. The molecule has 1 unspecified atom stereocenters. The number of urea groups is 1. The molecule has 2 aliphatic heterocycles. The van der Waals surface area contributed by atoms with Gasteiger partial charge in [0.15, 0.2) is 6.04 Å². The third-order valence-corrected chi connectivity index (χ3v) is 6.83. The van der Waals surface area contributed by atoms with Gasteiger partial charge in [0.1, 0.15) is 0 Å². The molecule has 0 spiro atoms. The molecule has 168 valence electrons. The van der Waals surface area contributed by atoms with Crippen molar-refractivity contribution < 1.29 is 33.6 Å². The minimum Gasteiger partial charge on any atom is -0.379 e.